The predicted molar refractivity (Wildman–Crippen MR) is 64.8 cm³/mol. The smallest absolute Gasteiger partial charge is 0.125 e. The van der Waals surface area contributed by atoms with Crippen LogP contribution in [-0.2, 0) is 6.54 Å². The van der Waals surface area contributed by atoms with Crippen molar-refractivity contribution in [1.29, 1.82) is 0 Å². The molecule has 1 unspecified atom stereocenters. The number of benzene rings is 1. The van der Waals surface area contributed by atoms with Crippen molar-refractivity contribution in [2.75, 3.05) is 6.61 Å². The van der Waals surface area contributed by atoms with E-state index in [0.29, 0.717) is 24.5 Å². The maximum atomic E-state index is 13.1. The summed E-state index contributed by atoms with van der Waals surface area (Å²) in [4.78, 5) is 0. The average molecular weight is 250 g/mol. The summed E-state index contributed by atoms with van der Waals surface area (Å²) in [6.45, 7) is 2.59. The molecule has 0 saturated carbocycles. The molecule has 2 aromatic rings. The second kappa shape index (κ2) is 5.64. The lowest BCUT2D eigenvalue weighted by Crippen LogP contribution is -2.10. The number of rotatable bonds is 5. The van der Waals surface area contributed by atoms with Crippen LogP contribution in [0.15, 0.2) is 36.7 Å². The van der Waals surface area contributed by atoms with Crippen molar-refractivity contribution in [3.8, 4) is 5.75 Å². The van der Waals surface area contributed by atoms with Gasteiger partial charge in [-0.1, -0.05) is 0 Å². The molecular formula is C13H15FN2O2. The molecule has 18 heavy (non-hydrogen) atoms. The van der Waals surface area contributed by atoms with E-state index in [1.54, 1.807) is 17.8 Å². The van der Waals surface area contributed by atoms with Gasteiger partial charge < -0.3 is 9.84 Å². The van der Waals surface area contributed by atoms with E-state index in [1.165, 1.54) is 18.2 Å². The maximum Gasteiger partial charge on any atom is 0.125 e. The van der Waals surface area contributed by atoms with Gasteiger partial charge in [0.2, 0.25) is 0 Å². The fourth-order valence-corrected chi connectivity index (χ4v) is 1.66. The lowest BCUT2D eigenvalue weighted by molar-refractivity contribution is 0.189. The molecule has 4 nitrogen and oxygen atoms in total. The minimum atomic E-state index is -0.764. The number of aromatic nitrogens is 2. The van der Waals surface area contributed by atoms with Gasteiger partial charge in [-0.15, -0.1) is 0 Å². The molecule has 1 aromatic carbocycles. The van der Waals surface area contributed by atoms with Crippen LogP contribution in [0, 0.1) is 5.82 Å². The summed E-state index contributed by atoms with van der Waals surface area (Å²) in [5, 5.41) is 13.6. The Balaban J connectivity index is 2.00. The quantitative estimate of drug-likeness (QED) is 0.884. The van der Waals surface area contributed by atoms with Crippen LogP contribution in [0.3, 0.4) is 0 Å². The first kappa shape index (κ1) is 12.6. The molecule has 2 rings (SSSR count). The summed E-state index contributed by atoms with van der Waals surface area (Å²) in [5.74, 6) is 0.115. The number of nitrogens with zero attached hydrogens (tertiary/aromatic N) is 2. The largest absolute Gasteiger partial charge is 0.491 e. The summed E-state index contributed by atoms with van der Waals surface area (Å²) < 4.78 is 20.4. The Labute approximate surface area is 105 Å². The third kappa shape index (κ3) is 3.07. The molecule has 0 amide bonds. The molecule has 0 aliphatic heterocycles. The van der Waals surface area contributed by atoms with Crippen LogP contribution in [0.25, 0.3) is 0 Å². The zero-order valence-corrected chi connectivity index (χ0v) is 10.1. The molecule has 0 aliphatic rings. The third-order valence-electron chi connectivity index (χ3n) is 2.56. The van der Waals surface area contributed by atoms with Gasteiger partial charge in [0.15, 0.2) is 0 Å². The number of ether oxygens (including phenoxy) is 1. The average Bonchev–Trinajstić information content (AvgIpc) is 2.84. The molecule has 0 spiro atoms. The summed E-state index contributed by atoms with van der Waals surface area (Å²) in [6.07, 6.45) is 2.77. The van der Waals surface area contributed by atoms with Crippen molar-refractivity contribution >= 4 is 0 Å². The highest BCUT2D eigenvalue weighted by Gasteiger charge is 2.10. The molecule has 0 fully saturated rings. The molecular weight excluding hydrogens is 235 g/mol. The van der Waals surface area contributed by atoms with Gasteiger partial charge in [-0.2, -0.15) is 5.10 Å². The Morgan fingerprint density at radius 1 is 1.50 bits per heavy atom. The van der Waals surface area contributed by atoms with E-state index in [1.807, 2.05) is 12.3 Å². The fourth-order valence-electron chi connectivity index (χ4n) is 1.66. The normalized spacial score (nSPS) is 12.4. The Bertz CT molecular complexity index is 498. The van der Waals surface area contributed by atoms with Crippen molar-refractivity contribution in [3.63, 3.8) is 0 Å². The minimum absolute atomic E-state index is 0.384. The van der Waals surface area contributed by atoms with Crippen LogP contribution in [0.1, 0.15) is 18.6 Å². The van der Waals surface area contributed by atoms with Gasteiger partial charge in [0.05, 0.1) is 12.6 Å². The highest BCUT2D eigenvalue weighted by Crippen LogP contribution is 2.25. The Hall–Kier alpha value is -1.88. The second-order valence-corrected chi connectivity index (χ2v) is 3.98. The molecule has 1 atom stereocenters. The number of halogens is 1. The minimum Gasteiger partial charge on any atom is -0.491 e. The molecule has 0 saturated heterocycles. The topological polar surface area (TPSA) is 47.3 Å². The fraction of sp³-hybridized carbons (Fsp3) is 0.308. The van der Waals surface area contributed by atoms with Crippen molar-refractivity contribution in [2.24, 2.45) is 0 Å². The molecule has 96 valence electrons. The first-order chi connectivity index (χ1) is 8.66. The number of hydrogen-bond donors (Lipinski definition) is 1. The molecule has 0 bridgehead atoms. The van der Waals surface area contributed by atoms with Crippen LogP contribution >= 0.6 is 0 Å². The first-order valence-corrected chi connectivity index (χ1v) is 5.74. The molecule has 5 heteroatoms. The lowest BCUT2D eigenvalue weighted by Gasteiger charge is -2.13. The van der Waals surface area contributed by atoms with E-state index in [9.17, 15) is 9.50 Å². The van der Waals surface area contributed by atoms with Crippen LogP contribution in [0.5, 0.6) is 5.75 Å². The Kier molecular flexibility index (Phi) is 3.94. The number of hydrogen-bond acceptors (Lipinski definition) is 3. The highest BCUT2D eigenvalue weighted by molar-refractivity contribution is 5.35. The van der Waals surface area contributed by atoms with Crippen LogP contribution in [0.2, 0.25) is 0 Å². The summed E-state index contributed by atoms with van der Waals surface area (Å²) in [5.41, 5.74) is 0.454. The molecule has 0 radical (unpaired) electrons. The van der Waals surface area contributed by atoms with Crippen LogP contribution < -0.4 is 4.74 Å². The van der Waals surface area contributed by atoms with Crippen molar-refractivity contribution < 1.29 is 14.2 Å². The van der Waals surface area contributed by atoms with E-state index in [0.717, 1.165) is 0 Å². The van der Waals surface area contributed by atoms with Crippen molar-refractivity contribution in [2.45, 2.75) is 19.6 Å². The Morgan fingerprint density at radius 2 is 2.33 bits per heavy atom. The maximum absolute atomic E-state index is 13.1. The van der Waals surface area contributed by atoms with Gasteiger partial charge in [-0.05, 0) is 31.2 Å². The van der Waals surface area contributed by atoms with E-state index >= 15 is 0 Å². The second-order valence-electron chi connectivity index (χ2n) is 3.98. The van der Waals surface area contributed by atoms with Crippen LogP contribution in [-0.4, -0.2) is 21.5 Å². The third-order valence-corrected chi connectivity index (χ3v) is 2.56. The van der Waals surface area contributed by atoms with E-state index in [-0.39, 0.29) is 5.82 Å². The monoisotopic (exact) mass is 250 g/mol. The standard InChI is InChI=1S/C13H15FN2O2/c1-10(17)12-9-11(14)3-4-13(12)18-8-7-16-6-2-5-15-16/h2-6,9-10,17H,7-8H2,1H3. The van der Waals surface area contributed by atoms with Gasteiger partial charge in [0.1, 0.15) is 18.2 Å². The SMILES string of the molecule is CC(O)c1cc(F)ccc1OCCn1cccn1. The van der Waals surface area contributed by atoms with Gasteiger partial charge in [0, 0.05) is 18.0 Å². The number of aliphatic hydroxyl groups excluding tert-OH is 1. The summed E-state index contributed by atoms with van der Waals surface area (Å²) >= 11 is 0. The summed E-state index contributed by atoms with van der Waals surface area (Å²) in [7, 11) is 0. The Morgan fingerprint density at radius 3 is 3.00 bits per heavy atom. The van der Waals surface area contributed by atoms with Gasteiger partial charge in [-0.3, -0.25) is 4.68 Å². The molecule has 0 aliphatic carbocycles. The zero-order valence-electron chi connectivity index (χ0n) is 10.1. The summed E-state index contributed by atoms with van der Waals surface area (Å²) in [6, 6.07) is 5.96. The van der Waals surface area contributed by atoms with Crippen LogP contribution in [0.4, 0.5) is 4.39 Å². The molecule has 1 N–H and O–H groups in total. The number of aliphatic hydroxyl groups is 1. The molecule has 1 aromatic heterocycles. The van der Waals surface area contributed by atoms with Gasteiger partial charge in [0.25, 0.3) is 0 Å². The van der Waals surface area contributed by atoms with E-state index in [2.05, 4.69) is 5.10 Å². The van der Waals surface area contributed by atoms with Crippen molar-refractivity contribution in [1.82, 2.24) is 9.78 Å². The van der Waals surface area contributed by atoms with Gasteiger partial charge >= 0.3 is 0 Å². The van der Waals surface area contributed by atoms with Crippen molar-refractivity contribution in [3.05, 3.63) is 48.0 Å². The van der Waals surface area contributed by atoms with E-state index in [4.69, 9.17) is 4.74 Å². The molecule has 1 heterocycles. The zero-order chi connectivity index (χ0) is 13.0. The highest BCUT2D eigenvalue weighted by atomic mass is 19.1. The first-order valence-electron chi connectivity index (χ1n) is 5.74. The van der Waals surface area contributed by atoms with E-state index < -0.39 is 6.10 Å². The van der Waals surface area contributed by atoms with Gasteiger partial charge in [-0.25, -0.2) is 4.39 Å². The predicted octanol–water partition coefficient (Wildman–Crippen LogP) is 2.15. The lowest BCUT2D eigenvalue weighted by atomic mass is 10.1.